The molecule has 0 aromatic heterocycles. The summed E-state index contributed by atoms with van der Waals surface area (Å²) in [7, 11) is -4.62. The van der Waals surface area contributed by atoms with Crippen LogP contribution in [0, 0.1) is 5.41 Å². The molecule has 0 aliphatic carbocycles. The van der Waals surface area contributed by atoms with Crippen molar-refractivity contribution in [1.29, 1.82) is 5.41 Å². The van der Waals surface area contributed by atoms with Crippen LogP contribution in [-0.4, -0.2) is 45.0 Å². The van der Waals surface area contributed by atoms with Gasteiger partial charge in [-0.1, -0.05) is 0 Å². The fourth-order valence-electron chi connectivity index (χ4n) is 0.383. The molecule has 0 radical (unpaired) electrons. The van der Waals surface area contributed by atoms with Gasteiger partial charge in [0.25, 0.3) is 0 Å². The van der Waals surface area contributed by atoms with Crippen molar-refractivity contribution < 1.29 is 29.1 Å². The minimum Gasteiger partial charge on any atom is -0.388 e. The number of aliphatic hydroxyl groups excluding tert-OH is 2. The quantitative estimate of drug-likeness (QED) is 0.269. The molecule has 0 spiro atoms. The summed E-state index contributed by atoms with van der Waals surface area (Å²) >= 11 is 0. The third-order valence-electron chi connectivity index (χ3n) is 0.978. The summed E-state index contributed by atoms with van der Waals surface area (Å²) in [6, 6.07) is 0. The van der Waals surface area contributed by atoms with Crippen LogP contribution in [0.5, 0.6) is 0 Å². The summed E-state index contributed by atoms with van der Waals surface area (Å²) in [5.74, 6) is 0. The third-order valence-corrected chi connectivity index (χ3v) is 1.46. The number of hydrogen-bond acceptors (Lipinski definition) is 5. The molecule has 0 aliphatic rings. The van der Waals surface area contributed by atoms with Gasteiger partial charge in [0.05, 0.1) is 6.61 Å². The molecule has 8 heteroatoms. The highest BCUT2D eigenvalue weighted by atomic mass is 31.2. The third kappa shape index (κ3) is 5.36. The zero-order valence-electron chi connectivity index (χ0n) is 5.99. The standard InChI is InChI=1S/C4H10NO6P/c5-1-3(6)4(7)2-11-12(8,9)10/h1,3-7H,2H2,(H2,8,9,10). The van der Waals surface area contributed by atoms with Crippen LogP contribution < -0.4 is 0 Å². The Balaban J connectivity index is 3.79. The molecule has 2 atom stereocenters. The Bertz CT molecular complexity index is 190. The molecule has 0 fully saturated rings. The molecule has 0 saturated carbocycles. The minimum absolute atomic E-state index is 0.535. The second-order valence-electron chi connectivity index (χ2n) is 2.01. The second kappa shape index (κ2) is 4.66. The molecule has 0 bridgehead atoms. The van der Waals surface area contributed by atoms with Gasteiger partial charge in [0.15, 0.2) is 0 Å². The molecule has 0 aromatic carbocycles. The average Bonchev–Trinajstić information content (AvgIpc) is 1.97. The van der Waals surface area contributed by atoms with E-state index in [1.54, 1.807) is 0 Å². The van der Waals surface area contributed by atoms with E-state index in [0.29, 0.717) is 6.21 Å². The first kappa shape index (κ1) is 11.7. The topological polar surface area (TPSA) is 131 Å². The Kier molecular flexibility index (Phi) is 4.54. The number of nitrogens with one attached hydrogen (secondary N) is 1. The van der Waals surface area contributed by atoms with Crippen LogP contribution in [-0.2, 0) is 9.09 Å². The summed E-state index contributed by atoms with van der Waals surface area (Å²) in [4.78, 5) is 16.3. The van der Waals surface area contributed by atoms with Crippen molar-refractivity contribution in [2.45, 2.75) is 12.2 Å². The minimum atomic E-state index is -4.62. The van der Waals surface area contributed by atoms with Gasteiger partial charge in [-0.2, -0.15) is 0 Å². The Hall–Kier alpha value is -0.300. The average molecular weight is 199 g/mol. The monoisotopic (exact) mass is 199 g/mol. The lowest BCUT2D eigenvalue weighted by Crippen LogP contribution is -2.30. The van der Waals surface area contributed by atoms with E-state index in [1.165, 1.54) is 0 Å². The molecule has 12 heavy (non-hydrogen) atoms. The van der Waals surface area contributed by atoms with Gasteiger partial charge in [-0.25, -0.2) is 4.57 Å². The molecule has 0 aromatic rings. The molecule has 0 heterocycles. The maximum Gasteiger partial charge on any atom is 0.469 e. The summed E-state index contributed by atoms with van der Waals surface area (Å²) in [6.45, 7) is -0.721. The molecule has 0 rings (SSSR count). The van der Waals surface area contributed by atoms with E-state index in [-0.39, 0.29) is 0 Å². The largest absolute Gasteiger partial charge is 0.469 e. The fourth-order valence-corrected chi connectivity index (χ4v) is 0.730. The predicted molar refractivity (Wildman–Crippen MR) is 38.8 cm³/mol. The van der Waals surface area contributed by atoms with Crippen molar-refractivity contribution in [3.8, 4) is 0 Å². The molecule has 72 valence electrons. The van der Waals surface area contributed by atoms with Gasteiger partial charge in [-0.15, -0.1) is 0 Å². The fraction of sp³-hybridized carbons (Fsp3) is 0.750. The SMILES string of the molecule is N=CC(O)C(O)COP(=O)(O)O. The van der Waals surface area contributed by atoms with Crippen LogP contribution in [0.1, 0.15) is 0 Å². The molecule has 5 N–H and O–H groups in total. The van der Waals surface area contributed by atoms with E-state index in [1.807, 2.05) is 0 Å². The van der Waals surface area contributed by atoms with Crippen molar-refractivity contribution in [2.75, 3.05) is 6.61 Å². The number of phosphoric ester groups is 1. The van der Waals surface area contributed by atoms with Crippen LogP contribution >= 0.6 is 7.82 Å². The highest BCUT2D eigenvalue weighted by Crippen LogP contribution is 2.35. The molecule has 0 saturated heterocycles. The number of rotatable bonds is 5. The predicted octanol–water partition coefficient (Wildman–Crippen LogP) is -1.53. The van der Waals surface area contributed by atoms with Gasteiger partial charge in [-0.3, -0.25) is 4.52 Å². The van der Waals surface area contributed by atoms with Crippen molar-refractivity contribution in [1.82, 2.24) is 0 Å². The first-order valence-corrected chi connectivity index (χ1v) is 4.46. The van der Waals surface area contributed by atoms with E-state index in [4.69, 9.17) is 25.4 Å². The molecular weight excluding hydrogens is 189 g/mol. The van der Waals surface area contributed by atoms with Crippen LogP contribution in [0.2, 0.25) is 0 Å². The van der Waals surface area contributed by atoms with Crippen LogP contribution in [0.15, 0.2) is 0 Å². The summed E-state index contributed by atoms with van der Waals surface area (Å²) in [6.07, 6.45) is -2.44. The highest BCUT2D eigenvalue weighted by molar-refractivity contribution is 7.46. The summed E-state index contributed by atoms with van der Waals surface area (Å²) < 4.78 is 13.9. The Morgan fingerprint density at radius 3 is 2.33 bits per heavy atom. The number of hydrogen-bond donors (Lipinski definition) is 5. The number of phosphoric acid groups is 1. The zero-order valence-corrected chi connectivity index (χ0v) is 6.89. The molecule has 2 unspecified atom stereocenters. The van der Waals surface area contributed by atoms with Crippen molar-refractivity contribution in [3.63, 3.8) is 0 Å². The van der Waals surface area contributed by atoms with E-state index < -0.39 is 26.6 Å². The smallest absolute Gasteiger partial charge is 0.388 e. The lowest BCUT2D eigenvalue weighted by atomic mass is 10.2. The van der Waals surface area contributed by atoms with Gasteiger partial charge < -0.3 is 25.4 Å². The number of aliphatic hydroxyl groups is 2. The Morgan fingerprint density at radius 2 is 2.00 bits per heavy atom. The maximum absolute atomic E-state index is 10.1. The van der Waals surface area contributed by atoms with E-state index >= 15 is 0 Å². The maximum atomic E-state index is 10.1. The normalized spacial score (nSPS) is 17.0. The Labute approximate surface area is 68.4 Å². The summed E-state index contributed by atoms with van der Waals surface area (Å²) in [5.41, 5.74) is 0. The van der Waals surface area contributed by atoms with Gasteiger partial charge in [0, 0.05) is 6.21 Å². The first-order chi connectivity index (χ1) is 5.37. The lowest BCUT2D eigenvalue weighted by molar-refractivity contribution is 0.0189. The Morgan fingerprint density at radius 1 is 1.50 bits per heavy atom. The van der Waals surface area contributed by atoms with Gasteiger partial charge >= 0.3 is 7.82 Å². The van der Waals surface area contributed by atoms with Crippen molar-refractivity contribution >= 4 is 14.0 Å². The van der Waals surface area contributed by atoms with Gasteiger partial charge in [0.2, 0.25) is 0 Å². The second-order valence-corrected chi connectivity index (χ2v) is 3.25. The van der Waals surface area contributed by atoms with Gasteiger partial charge in [-0.05, 0) is 0 Å². The zero-order chi connectivity index (χ0) is 9.78. The van der Waals surface area contributed by atoms with E-state index in [9.17, 15) is 4.57 Å². The molecule has 7 nitrogen and oxygen atoms in total. The lowest BCUT2D eigenvalue weighted by Gasteiger charge is -2.13. The molecular formula is C4H10NO6P. The first-order valence-electron chi connectivity index (χ1n) is 2.93. The highest BCUT2D eigenvalue weighted by Gasteiger charge is 2.20. The molecule has 0 amide bonds. The van der Waals surface area contributed by atoms with Crippen LogP contribution in [0.3, 0.4) is 0 Å². The van der Waals surface area contributed by atoms with Gasteiger partial charge in [0.1, 0.15) is 12.2 Å². The molecule has 0 aliphatic heterocycles. The van der Waals surface area contributed by atoms with Crippen molar-refractivity contribution in [3.05, 3.63) is 0 Å². The van der Waals surface area contributed by atoms with Crippen molar-refractivity contribution in [2.24, 2.45) is 0 Å². The van der Waals surface area contributed by atoms with Crippen LogP contribution in [0.4, 0.5) is 0 Å². The van der Waals surface area contributed by atoms with E-state index in [0.717, 1.165) is 0 Å². The van der Waals surface area contributed by atoms with E-state index in [2.05, 4.69) is 4.52 Å². The summed E-state index contributed by atoms with van der Waals surface area (Å²) in [5, 5.41) is 24.0. The van der Waals surface area contributed by atoms with Crippen LogP contribution in [0.25, 0.3) is 0 Å².